The van der Waals surface area contributed by atoms with Crippen molar-refractivity contribution in [3.63, 3.8) is 0 Å². The van der Waals surface area contributed by atoms with Crippen molar-refractivity contribution in [1.29, 1.82) is 0 Å². The third-order valence-corrected chi connectivity index (χ3v) is 4.30. The first-order valence-corrected chi connectivity index (χ1v) is 7.61. The van der Waals surface area contributed by atoms with Crippen LogP contribution < -0.4 is 5.56 Å². The number of fused-ring (bicyclic) bond motifs is 1. The Morgan fingerprint density at radius 2 is 2.19 bits per heavy atom. The summed E-state index contributed by atoms with van der Waals surface area (Å²) in [4.78, 5) is 16.6. The minimum absolute atomic E-state index is 0.216. The summed E-state index contributed by atoms with van der Waals surface area (Å²) >= 11 is 13.5. The number of aryl methyl sites for hydroxylation is 1. The summed E-state index contributed by atoms with van der Waals surface area (Å²) in [6.07, 6.45) is 1.75. The van der Waals surface area contributed by atoms with Gasteiger partial charge in [0.05, 0.1) is 5.03 Å². The molecule has 0 fully saturated rings. The van der Waals surface area contributed by atoms with Gasteiger partial charge in [-0.15, -0.1) is 0 Å². The van der Waals surface area contributed by atoms with E-state index in [1.54, 1.807) is 25.1 Å². The number of benzene rings is 1. The minimum atomic E-state index is -0.216. The van der Waals surface area contributed by atoms with Gasteiger partial charge in [-0.1, -0.05) is 46.7 Å². The third-order valence-electron chi connectivity index (χ3n) is 2.72. The van der Waals surface area contributed by atoms with E-state index in [0.29, 0.717) is 25.7 Å². The number of halogens is 2. The molecule has 3 aromatic rings. The fraction of sp³-hybridized carbons (Fsp3) is 0.0714. The lowest BCUT2D eigenvalue weighted by atomic mass is 10.2. The second-order valence-electron chi connectivity index (χ2n) is 4.38. The summed E-state index contributed by atoms with van der Waals surface area (Å²) in [5.41, 5.74) is 1.31. The van der Waals surface area contributed by atoms with E-state index in [1.165, 1.54) is 21.9 Å². The van der Waals surface area contributed by atoms with Crippen molar-refractivity contribution < 1.29 is 0 Å². The molecular formula is C14H9Cl2N3OS. The molecule has 3 rings (SSSR count). The highest BCUT2D eigenvalue weighted by Gasteiger charge is 2.10. The molecular weight excluding hydrogens is 329 g/mol. The highest BCUT2D eigenvalue weighted by molar-refractivity contribution is 7.18. The Bertz CT molecular complexity index is 914. The van der Waals surface area contributed by atoms with Crippen molar-refractivity contribution in [2.45, 2.75) is 6.92 Å². The van der Waals surface area contributed by atoms with Crippen LogP contribution in [-0.2, 0) is 0 Å². The lowest BCUT2D eigenvalue weighted by molar-refractivity contribution is 0.885. The molecule has 0 aliphatic rings. The van der Waals surface area contributed by atoms with Crippen LogP contribution in [0.4, 0.5) is 0 Å². The van der Waals surface area contributed by atoms with E-state index in [4.69, 9.17) is 23.2 Å². The smallest absolute Gasteiger partial charge is 0.267 e. The number of rotatable bonds is 2. The van der Waals surface area contributed by atoms with E-state index >= 15 is 0 Å². The topological polar surface area (TPSA) is 47.3 Å². The molecule has 106 valence electrons. The highest BCUT2D eigenvalue weighted by Crippen LogP contribution is 2.26. The molecule has 0 spiro atoms. The Morgan fingerprint density at radius 1 is 1.38 bits per heavy atom. The van der Waals surface area contributed by atoms with Gasteiger partial charge in [0.15, 0.2) is 5.01 Å². The van der Waals surface area contributed by atoms with Gasteiger partial charge in [0.2, 0.25) is 4.96 Å². The lowest BCUT2D eigenvalue weighted by Gasteiger charge is -1.95. The quantitative estimate of drug-likeness (QED) is 0.713. The molecule has 0 saturated carbocycles. The fourth-order valence-corrected chi connectivity index (χ4v) is 3.16. The standard InChI is InChI=1S/C14H9Cl2N3OS/c1-8-5-12(20)19-14(17-8)21-13(18-19)11(16)7-9-3-2-4-10(15)6-9/h2-7H,1H3/b11-7-. The normalized spacial score (nSPS) is 12.0. The van der Waals surface area contributed by atoms with Crippen molar-refractivity contribution in [2.75, 3.05) is 0 Å². The Labute approximate surface area is 134 Å². The SMILES string of the molecule is Cc1cc(=O)n2nc(/C(Cl)=C/c3cccc(Cl)c3)sc2n1. The summed E-state index contributed by atoms with van der Waals surface area (Å²) in [7, 11) is 0. The first-order chi connectivity index (χ1) is 10.0. The molecule has 0 aliphatic heterocycles. The molecule has 0 aliphatic carbocycles. The summed E-state index contributed by atoms with van der Waals surface area (Å²) in [5.74, 6) is 0. The molecule has 0 atom stereocenters. The largest absolute Gasteiger partial charge is 0.275 e. The number of nitrogens with zero attached hydrogens (tertiary/aromatic N) is 3. The van der Waals surface area contributed by atoms with Gasteiger partial charge in [-0.25, -0.2) is 4.98 Å². The molecule has 0 saturated heterocycles. The first kappa shape index (κ1) is 14.3. The fourth-order valence-electron chi connectivity index (χ4n) is 1.82. The van der Waals surface area contributed by atoms with Crippen LogP contribution in [0.2, 0.25) is 5.02 Å². The van der Waals surface area contributed by atoms with Gasteiger partial charge in [0.1, 0.15) is 0 Å². The minimum Gasteiger partial charge on any atom is -0.267 e. The van der Waals surface area contributed by atoms with Crippen molar-refractivity contribution in [1.82, 2.24) is 14.6 Å². The predicted molar refractivity (Wildman–Crippen MR) is 87.0 cm³/mol. The summed E-state index contributed by atoms with van der Waals surface area (Å²) in [5, 5.41) is 5.80. The highest BCUT2D eigenvalue weighted by atomic mass is 35.5. The van der Waals surface area contributed by atoms with Gasteiger partial charge < -0.3 is 0 Å². The van der Waals surface area contributed by atoms with E-state index < -0.39 is 0 Å². The average Bonchev–Trinajstić information content (AvgIpc) is 2.83. The van der Waals surface area contributed by atoms with Gasteiger partial charge in [0.25, 0.3) is 5.56 Å². The molecule has 1 aromatic carbocycles. The second kappa shape index (κ2) is 5.60. The molecule has 4 nitrogen and oxygen atoms in total. The van der Waals surface area contributed by atoms with Crippen LogP contribution in [0.3, 0.4) is 0 Å². The van der Waals surface area contributed by atoms with Crippen LogP contribution in [0, 0.1) is 6.92 Å². The van der Waals surface area contributed by atoms with Gasteiger partial charge in [-0.2, -0.15) is 9.61 Å². The Kier molecular flexibility index (Phi) is 3.80. The maximum atomic E-state index is 11.8. The van der Waals surface area contributed by atoms with Crippen molar-refractivity contribution in [3.05, 3.63) is 62.0 Å². The van der Waals surface area contributed by atoms with Crippen molar-refractivity contribution >= 4 is 50.6 Å². The van der Waals surface area contributed by atoms with Crippen molar-refractivity contribution in [2.24, 2.45) is 0 Å². The molecule has 0 bridgehead atoms. The maximum Gasteiger partial charge on any atom is 0.275 e. The molecule has 0 amide bonds. The summed E-state index contributed by atoms with van der Waals surface area (Å²) < 4.78 is 1.25. The number of aromatic nitrogens is 3. The zero-order valence-electron chi connectivity index (χ0n) is 10.9. The monoisotopic (exact) mass is 337 g/mol. The van der Waals surface area contributed by atoms with Crippen molar-refractivity contribution in [3.8, 4) is 0 Å². The average molecular weight is 338 g/mol. The van der Waals surface area contributed by atoms with Gasteiger partial charge in [-0.3, -0.25) is 4.79 Å². The van der Waals surface area contributed by atoms with Crippen LogP contribution in [0.5, 0.6) is 0 Å². The van der Waals surface area contributed by atoms with Crippen LogP contribution in [-0.4, -0.2) is 14.6 Å². The van der Waals surface area contributed by atoms with Gasteiger partial charge in [-0.05, 0) is 30.7 Å². The van der Waals surface area contributed by atoms with E-state index in [0.717, 1.165) is 5.56 Å². The van der Waals surface area contributed by atoms with Crippen LogP contribution in [0.15, 0.2) is 35.1 Å². The zero-order valence-corrected chi connectivity index (χ0v) is 13.2. The first-order valence-electron chi connectivity index (χ1n) is 6.03. The van der Waals surface area contributed by atoms with Gasteiger partial charge >= 0.3 is 0 Å². The van der Waals surface area contributed by atoms with Gasteiger partial charge in [0, 0.05) is 16.8 Å². The molecule has 2 heterocycles. The van der Waals surface area contributed by atoms with Crippen LogP contribution in [0.1, 0.15) is 16.3 Å². The van der Waals surface area contributed by atoms with E-state index in [-0.39, 0.29) is 5.56 Å². The summed E-state index contributed by atoms with van der Waals surface area (Å²) in [6.45, 7) is 1.77. The molecule has 0 N–H and O–H groups in total. The van der Waals surface area contributed by atoms with Crippen LogP contribution in [0.25, 0.3) is 16.1 Å². The van der Waals surface area contributed by atoms with E-state index in [9.17, 15) is 4.79 Å². The zero-order chi connectivity index (χ0) is 15.0. The molecule has 0 unspecified atom stereocenters. The Hall–Kier alpha value is -1.69. The lowest BCUT2D eigenvalue weighted by Crippen LogP contribution is -2.14. The summed E-state index contributed by atoms with van der Waals surface area (Å²) in [6, 6.07) is 8.75. The third kappa shape index (κ3) is 3.00. The van der Waals surface area contributed by atoms with Crippen LogP contribution >= 0.6 is 34.5 Å². The number of hydrogen-bond donors (Lipinski definition) is 0. The predicted octanol–water partition coefficient (Wildman–Crippen LogP) is 3.85. The molecule has 0 radical (unpaired) electrons. The molecule has 2 aromatic heterocycles. The van der Waals surface area contributed by atoms with E-state index in [1.807, 2.05) is 12.1 Å². The second-order valence-corrected chi connectivity index (χ2v) is 6.18. The maximum absolute atomic E-state index is 11.8. The van der Waals surface area contributed by atoms with E-state index in [2.05, 4.69) is 10.1 Å². The molecule has 7 heteroatoms. The Balaban J connectivity index is 2.07. The number of hydrogen-bond acceptors (Lipinski definition) is 4. The Morgan fingerprint density at radius 3 is 2.95 bits per heavy atom. The molecule has 21 heavy (non-hydrogen) atoms.